The van der Waals surface area contributed by atoms with Crippen molar-refractivity contribution in [2.45, 2.75) is 18.9 Å². The molecule has 5 nitrogen and oxygen atoms in total. The Kier molecular flexibility index (Phi) is 3.57. The number of hydrogen-bond donors (Lipinski definition) is 2. The van der Waals surface area contributed by atoms with Crippen molar-refractivity contribution < 1.29 is 4.74 Å². The lowest BCUT2D eigenvalue weighted by molar-refractivity contribution is 0.187. The van der Waals surface area contributed by atoms with E-state index in [4.69, 9.17) is 4.74 Å². The molecule has 0 amide bonds. The first-order valence-electron chi connectivity index (χ1n) is 6.67. The second-order valence-electron chi connectivity index (χ2n) is 4.72. The van der Waals surface area contributed by atoms with Crippen molar-refractivity contribution in [2.24, 2.45) is 0 Å². The van der Waals surface area contributed by atoms with E-state index in [1.54, 1.807) is 0 Å². The number of H-pyrrole nitrogens is 1. The summed E-state index contributed by atoms with van der Waals surface area (Å²) in [5.41, 5.74) is 1.03. The van der Waals surface area contributed by atoms with Crippen molar-refractivity contribution >= 4 is 0 Å². The van der Waals surface area contributed by atoms with E-state index in [-0.39, 0.29) is 5.92 Å². The molecule has 1 saturated heterocycles. The summed E-state index contributed by atoms with van der Waals surface area (Å²) in [5.74, 6) is 1.91. The van der Waals surface area contributed by atoms with Crippen LogP contribution in [0.15, 0.2) is 30.3 Å². The molecule has 2 unspecified atom stereocenters. The van der Waals surface area contributed by atoms with Gasteiger partial charge in [-0.05, 0) is 6.54 Å². The molecule has 5 heteroatoms. The summed E-state index contributed by atoms with van der Waals surface area (Å²) < 4.78 is 5.54. The van der Waals surface area contributed by atoms with Gasteiger partial charge in [-0.2, -0.15) is 5.10 Å². The van der Waals surface area contributed by atoms with E-state index in [0.29, 0.717) is 12.6 Å². The van der Waals surface area contributed by atoms with Crippen LogP contribution in [0.4, 0.5) is 0 Å². The van der Waals surface area contributed by atoms with Crippen molar-refractivity contribution in [2.75, 3.05) is 19.8 Å². The van der Waals surface area contributed by atoms with Gasteiger partial charge in [-0.25, -0.2) is 4.98 Å². The molecule has 100 valence electrons. The largest absolute Gasteiger partial charge is 0.379 e. The second-order valence-corrected chi connectivity index (χ2v) is 4.72. The van der Waals surface area contributed by atoms with Crippen LogP contribution in [0.25, 0.3) is 11.4 Å². The molecule has 1 aromatic heterocycles. The minimum Gasteiger partial charge on any atom is -0.379 e. The molecular formula is C14H18N4O. The Balaban J connectivity index is 1.81. The highest BCUT2D eigenvalue weighted by molar-refractivity contribution is 5.53. The van der Waals surface area contributed by atoms with Crippen LogP contribution in [0.5, 0.6) is 0 Å². The maximum absolute atomic E-state index is 5.54. The van der Waals surface area contributed by atoms with Crippen LogP contribution >= 0.6 is 0 Å². The Bertz CT molecular complexity index is 525. The topological polar surface area (TPSA) is 62.8 Å². The highest BCUT2D eigenvalue weighted by Crippen LogP contribution is 2.24. The summed E-state index contributed by atoms with van der Waals surface area (Å²) in [6.07, 6.45) is 0. The number of ether oxygens (including phenoxy) is 1. The van der Waals surface area contributed by atoms with E-state index in [2.05, 4.69) is 27.4 Å². The van der Waals surface area contributed by atoms with Crippen LogP contribution in [-0.2, 0) is 4.74 Å². The van der Waals surface area contributed by atoms with E-state index in [9.17, 15) is 0 Å². The highest BCUT2D eigenvalue weighted by Gasteiger charge is 2.31. The summed E-state index contributed by atoms with van der Waals surface area (Å²) in [5, 5.41) is 10.8. The summed E-state index contributed by atoms with van der Waals surface area (Å²) in [4.78, 5) is 4.61. The predicted molar refractivity (Wildman–Crippen MR) is 72.8 cm³/mol. The van der Waals surface area contributed by atoms with Gasteiger partial charge in [-0.1, -0.05) is 37.3 Å². The summed E-state index contributed by atoms with van der Waals surface area (Å²) >= 11 is 0. The van der Waals surface area contributed by atoms with Crippen molar-refractivity contribution in [1.29, 1.82) is 0 Å². The quantitative estimate of drug-likeness (QED) is 0.873. The smallest absolute Gasteiger partial charge is 0.181 e. The molecule has 0 spiro atoms. The highest BCUT2D eigenvalue weighted by atomic mass is 16.5. The molecule has 2 atom stereocenters. The van der Waals surface area contributed by atoms with Crippen LogP contribution < -0.4 is 5.32 Å². The van der Waals surface area contributed by atoms with Crippen molar-refractivity contribution in [3.8, 4) is 11.4 Å². The van der Waals surface area contributed by atoms with E-state index < -0.39 is 0 Å². The number of nitrogens with zero attached hydrogens (tertiary/aromatic N) is 2. The van der Waals surface area contributed by atoms with Crippen LogP contribution in [0.1, 0.15) is 18.7 Å². The molecule has 0 aliphatic carbocycles. The Morgan fingerprint density at radius 3 is 2.95 bits per heavy atom. The fourth-order valence-electron chi connectivity index (χ4n) is 2.44. The lowest BCUT2D eigenvalue weighted by atomic mass is 10.0. The molecule has 0 radical (unpaired) electrons. The van der Waals surface area contributed by atoms with Gasteiger partial charge in [0.15, 0.2) is 5.82 Å². The van der Waals surface area contributed by atoms with E-state index in [1.165, 1.54) is 0 Å². The molecule has 2 heterocycles. The maximum Gasteiger partial charge on any atom is 0.181 e. The molecule has 0 bridgehead atoms. The predicted octanol–water partition coefficient (Wildman–Crippen LogP) is 1.56. The first kappa shape index (κ1) is 12.3. The Morgan fingerprint density at radius 1 is 1.32 bits per heavy atom. The molecule has 19 heavy (non-hydrogen) atoms. The van der Waals surface area contributed by atoms with Gasteiger partial charge in [0.25, 0.3) is 0 Å². The standard InChI is InChI=1S/C14H18N4O/c1-2-15-12-9-19-8-11(12)14-16-13(17-18-14)10-6-4-3-5-7-10/h3-7,11-12,15H,2,8-9H2,1H3,(H,16,17,18). The molecule has 1 fully saturated rings. The lowest BCUT2D eigenvalue weighted by Gasteiger charge is -2.15. The van der Waals surface area contributed by atoms with Gasteiger partial charge in [0.1, 0.15) is 5.82 Å². The molecule has 1 aromatic carbocycles. The normalized spacial score (nSPS) is 22.8. The Labute approximate surface area is 112 Å². The molecular weight excluding hydrogens is 240 g/mol. The third kappa shape index (κ3) is 2.52. The monoisotopic (exact) mass is 258 g/mol. The number of benzene rings is 1. The van der Waals surface area contributed by atoms with Gasteiger partial charge in [-0.3, -0.25) is 5.10 Å². The average molecular weight is 258 g/mol. The third-order valence-corrected chi connectivity index (χ3v) is 3.43. The number of aromatic amines is 1. The number of aromatic nitrogens is 3. The Morgan fingerprint density at radius 2 is 2.16 bits per heavy atom. The van der Waals surface area contributed by atoms with Gasteiger partial charge < -0.3 is 10.1 Å². The van der Waals surface area contributed by atoms with Crippen LogP contribution in [-0.4, -0.2) is 41.0 Å². The van der Waals surface area contributed by atoms with Crippen LogP contribution in [0.2, 0.25) is 0 Å². The third-order valence-electron chi connectivity index (χ3n) is 3.43. The molecule has 2 N–H and O–H groups in total. The SMILES string of the molecule is CCNC1COCC1c1nc(-c2ccccc2)n[nH]1. The molecule has 3 rings (SSSR count). The van der Waals surface area contributed by atoms with Gasteiger partial charge in [0.2, 0.25) is 0 Å². The van der Waals surface area contributed by atoms with Crippen molar-refractivity contribution in [3.05, 3.63) is 36.2 Å². The average Bonchev–Trinajstić information content (AvgIpc) is 3.08. The molecule has 2 aromatic rings. The van der Waals surface area contributed by atoms with Gasteiger partial charge in [0.05, 0.1) is 19.1 Å². The summed E-state index contributed by atoms with van der Waals surface area (Å²) in [6.45, 7) is 4.47. The lowest BCUT2D eigenvalue weighted by Crippen LogP contribution is -2.34. The van der Waals surface area contributed by atoms with Gasteiger partial charge in [-0.15, -0.1) is 0 Å². The number of nitrogens with one attached hydrogen (secondary N) is 2. The van der Waals surface area contributed by atoms with E-state index in [1.807, 2.05) is 30.3 Å². The van der Waals surface area contributed by atoms with E-state index >= 15 is 0 Å². The molecule has 1 aliphatic heterocycles. The minimum absolute atomic E-state index is 0.255. The zero-order valence-corrected chi connectivity index (χ0v) is 11.0. The fourth-order valence-corrected chi connectivity index (χ4v) is 2.44. The minimum atomic E-state index is 0.255. The van der Waals surface area contributed by atoms with Gasteiger partial charge >= 0.3 is 0 Å². The number of hydrogen-bond acceptors (Lipinski definition) is 4. The maximum atomic E-state index is 5.54. The zero-order valence-electron chi connectivity index (χ0n) is 11.0. The number of likely N-dealkylation sites (N-methyl/N-ethyl adjacent to an activating group) is 1. The van der Waals surface area contributed by atoms with E-state index in [0.717, 1.165) is 30.4 Å². The summed E-state index contributed by atoms with van der Waals surface area (Å²) in [6, 6.07) is 10.3. The van der Waals surface area contributed by atoms with Crippen LogP contribution in [0.3, 0.4) is 0 Å². The Hall–Kier alpha value is -1.72. The second kappa shape index (κ2) is 5.50. The first-order chi connectivity index (χ1) is 9.38. The van der Waals surface area contributed by atoms with Crippen LogP contribution in [0, 0.1) is 0 Å². The summed E-state index contributed by atoms with van der Waals surface area (Å²) in [7, 11) is 0. The number of rotatable bonds is 4. The molecule has 0 saturated carbocycles. The fraction of sp³-hybridized carbons (Fsp3) is 0.429. The van der Waals surface area contributed by atoms with Crippen molar-refractivity contribution in [3.63, 3.8) is 0 Å². The first-order valence-corrected chi connectivity index (χ1v) is 6.67. The molecule has 1 aliphatic rings. The van der Waals surface area contributed by atoms with Crippen molar-refractivity contribution in [1.82, 2.24) is 20.5 Å². The zero-order chi connectivity index (χ0) is 13.1. The van der Waals surface area contributed by atoms with Gasteiger partial charge in [0, 0.05) is 11.6 Å².